The maximum absolute atomic E-state index is 12.5. The second-order valence-corrected chi connectivity index (χ2v) is 9.35. The Bertz CT molecular complexity index is 1180. The Morgan fingerprint density at radius 3 is 2.46 bits per heavy atom. The first kappa shape index (κ1) is 20.1. The van der Waals surface area contributed by atoms with Crippen LogP contribution in [0.1, 0.15) is 12.5 Å². The van der Waals surface area contributed by atoms with Crippen LogP contribution >= 0.6 is 11.3 Å². The van der Waals surface area contributed by atoms with E-state index in [0.717, 1.165) is 37.7 Å². The molecule has 3 aromatic rings. The number of nitrogens with zero attached hydrogens (tertiary/aromatic N) is 2. The van der Waals surface area contributed by atoms with Gasteiger partial charge in [-0.05, 0) is 44.2 Å². The summed E-state index contributed by atoms with van der Waals surface area (Å²) in [7, 11) is -3.63. The maximum Gasteiger partial charge on any atom is 0.308 e. The fraction of sp³-hybridized carbons (Fsp3) is 0.263. The zero-order valence-electron chi connectivity index (χ0n) is 15.8. The number of rotatable bonds is 6. The molecule has 0 aliphatic heterocycles. The summed E-state index contributed by atoms with van der Waals surface area (Å²) >= 11 is 1.11. The number of nitrogens with one attached hydrogen (secondary N) is 1. The first-order valence-corrected chi connectivity index (χ1v) is 11.3. The summed E-state index contributed by atoms with van der Waals surface area (Å²) in [5, 5.41) is 2.71. The van der Waals surface area contributed by atoms with E-state index in [9.17, 15) is 18.0 Å². The second-order valence-electron chi connectivity index (χ2n) is 6.45. The molecule has 9 heteroatoms. The molecule has 0 fully saturated rings. The van der Waals surface area contributed by atoms with Gasteiger partial charge in [0.25, 0.3) is 0 Å². The number of anilines is 2. The van der Waals surface area contributed by atoms with Crippen molar-refractivity contribution >= 4 is 48.9 Å². The van der Waals surface area contributed by atoms with Crippen LogP contribution in [0.2, 0.25) is 0 Å². The molecule has 0 saturated carbocycles. The van der Waals surface area contributed by atoms with Crippen molar-refractivity contribution in [2.45, 2.75) is 20.4 Å². The number of sulfonamides is 1. The molecule has 0 atom stereocenters. The van der Waals surface area contributed by atoms with Gasteiger partial charge in [-0.2, -0.15) is 0 Å². The third-order valence-electron chi connectivity index (χ3n) is 4.28. The smallest absolute Gasteiger partial charge is 0.308 e. The molecule has 7 nitrogen and oxygen atoms in total. The van der Waals surface area contributed by atoms with Gasteiger partial charge in [0.05, 0.1) is 22.2 Å². The molecule has 0 aliphatic rings. The minimum absolute atomic E-state index is 0.0522. The predicted octanol–water partition coefficient (Wildman–Crippen LogP) is 2.80. The standard InChI is InChI=1S/C19H21N3O4S2/c1-4-21-16-10-7-14(11-17(16)27-19(21)24)20-18(23)12-22(28(3,25)26)15-8-5-13(2)6-9-15/h5-11H,4,12H2,1-3H3,(H,20,23). The van der Waals surface area contributed by atoms with E-state index in [1.54, 1.807) is 47.0 Å². The van der Waals surface area contributed by atoms with Gasteiger partial charge in [-0.1, -0.05) is 29.0 Å². The second kappa shape index (κ2) is 7.76. The van der Waals surface area contributed by atoms with E-state index in [4.69, 9.17) is 0 Å². The monoisotopic (exact) mass is 419 g/mol. The largest absolute Gasteiger partial charge is 0.324 e. The fourth-order valence-corrected chi connectivity index (χ4v) is 4.74. The maximum atomic E-state index is 12.5. The average Bonchev–Trinajstić information content (AvgIpc) is 2.94. The highest BCUT2D eigenvalue weighted by Gasteiger charge is 2.21. The Balaban J connectivity index is 1.82. The molecule has 2 aromatic carbocycles. The highest BCUT2D eigenvalue weighted by atomic mass is 32.2. The topological polar surface area (TPSA) is 88.5 Å². The lowest BCUT2D eigenvalue weighted by Crippen LogP contribution is -2.37. The number of benzene rings is 2. The minimum Gasteiger partial charge on any atom is -0.324 e. The van der Waals surface area contributed by atoms with Crippen molar-refractivity contribution < 1.29 is 13.2 Å². The van der Waals surface area contributed by atoms with Gasteiger partial charge < -0.3 is 5.32 Å². The molecule has 28 heavy (non-hydrogen) atoms. The Morgan fingerprint density at radius 1 is 1.18 bits per heavy atom. The van der Waals surface area contributed by atoms with Gasteiger partial charge in [-0.15, -0.1) is 0 Å². The van der Waals surface area contributed by atoms with Crippen LogP contribution in [-0.2, 0) is 21.4 Å². The first-order chi connectivity index (χ1) is 13.2. The molecule has 3 rings (SSSR count). The number of carbonyl (C=O) groups is 1. The molecule has 0 radical (unpaired) electrons. The third kappa shape index (κ3) is 4.26. The number of carbonyl (C=O) groups excluding carboxylic acids is 1. The van der Waals surface area contributed by atoms with Gasteiger partial charge in [0.15, 0.2) is 0 Å². The van der Waals surface area contributed by atoms with Gasteiger partial charge in [0.1, 0.15) is 6.54 Å². The molecule has 0 saturated heterocycles. The predicted molar refractivity (Wildman–Crippen MR) is 114 cm³/mol. The fourth-order valence-electron chi connectivity index (χ4n) is 2.89. The normalized spacial score (nSPS) is 11.5. The van der Waals surface area contributed by atoms with Crippen LogP contribution in [0.25, 0.3) is 10.2 Å². The molecule has 1 amide bonds. The number of aryl methyl sites for hydroxylation is 2. The lowest BCUT2D eigenvalue weighted by Gasteiger charge is -2.22. The van der Waals surface area contributed by atoms with E-state index in [-0.39, 0.29) is 11.4 Å². The van der Waals surface area contributed by atoms with Crippen molar-refractivity contribution in [3.63, 3.8) is 0 Å². The van der Waals surface area contributed by atoms with E-state index >= 15 is 0 Å². The average molecular weight is 420 g/mol. The van der Waals surface area contributed by atoms with Gasteiger partial charge in [-0.25, -0.2) is 8.42 Å². The summed E-state index contributed by atoms with van der Waals surface area (Å²) in [5.74, 6) is -0.465. The van der Waals surface area contributed by atoms with E-state index < -0.39 is 15.9 Å². The highest BCUT2D eigenvalue weighted by Crippen LogP contribution is 2.22. The summed E-state index contributed by atoms with van der Waals surface area (Å²) < 4.78 is 27.8. The van der Waals surface area contributed by atoms with Crippen LogP contribution in [0.15, 0.2) is 47.3 Å². The summed E-state index contributed by atoms with van der Waals surface area (Å²) in [6.45, 7) is 4.03. The van der Waals surface area contributed by atoms with Gasteiger partial charge >= 0.3 is 4.87 Å². The summed E-state index contributed by atoms with van der Waals surface area (Å²) in [6, 6.07) is 12.1. The molecule has 1 aromatic heterocycles. The summed E-state index contributed by atoms with van der Waals surface area (Å²) in [5.41, 5.74) is 2.75. The zero-order chi connectivity index (χ0) is 20.5. The van der Waals surface area contributed by atoms with Crippen LogP contribution in [-0.4, -0.2) is 31.7 Å². The Kier molecular flexibility index (Phi) is 5.57. The van der Waals surface area contributed by atoms with E-state index in [1.807, 2.05) is 13.8 Å². The minimum atomic E-state index is -3.63. The van der Waals surface area contributed by atoms with Crippen LogP contribution in [0.3, 0.4) is 0 Å². The van der Waals surface area contributed by atoms with Crippen LogP contribution < -0.4 is 14.5 Å². The third-order valence-corrected chi connectivity index (χ3v) is 6.36. The molecule has 0 bridgehead atoms. The van der Waals surface area contributed by atoms with E-state index in [1.165, 1.54) is 0 Å². The lowest BCUT2D eigenvalue weighted by molar-refractivity contribution is -0.114. The van der Waals surface area contributed by atoms with Crippen molar-refractivity contribution in [1.29, 1.82) is 0 Å². The van der Waals surface area contributed by atoms with Crippen molar-refractivity contribution in [3.05, 3.63) is 57.7 Å². The van der Waals surface area contributed by atoms with Crippen LogP contribution in [0, 0.1) is 6.92 Å². The Morgan fingerprint density at radius 2 is 1.86 bits per heavy atom. The number of hydrogen-bond donors (Lipinski definition) is 1. The van der Waals surface area contributed by atoms with E-state index in [0.29, 0.717) is 17.9 Å². The number of aromatic nitrogens is 1. The van der Waals surface area contributed by atoms with Crippen molar-refractivity contribution in [2.24, 2.45) is 0 Å². The SMILES string of the molecule is CCn1c(=O)sc2cc(NC(=O)CN(c3ccc(C)cc3)S(C)(=O)=O)ccc21. The molecule has 0 aliphatic carbocycles. The summed E-state index contributed by atoms with van der Waals surface area (Å²) in [4.78, 5) is 24.4. The van der Waals surface area contributed by atoms with Gasteiger partial charge in [0.2, 0.25) is 15.9 Å². The molecular formula is C19H21N3O4S2. The number of fused-ring (bicyclic) bond motifs is 1. The first-order valence-electron chi connectivity index (χ1n) is 8.66. The summed E-state index contributed by atoms with van der Waals surface area (Å²) in [6.07, 6.45) is 1.07. The quantitative estimate of drug-likeness (QED) is 0.665. The Hall–Kier alpha value is -2.65. The number of thiazole rings is 1. The molecule has 0 unspecified atom stereocenters. The molecule has 148 valence electrons. The Labute approximate surface area is 167 Å². The molecule has 1 N–H and O–H groups in total. The van der Waals surface area contributed by atoms with Crippen molar-refractivity contribution in [2.75, 3.05) is 22.4 Å². The number of amides is 1. The van der Waals surface area contributed by atoms with Crippen molar-refractivity contribution in [1.82, 2.24) is 4.57 Å². The lowest BCUT2D eigenvalue weighted by atomic mass is 10.2. The molecular weight excluding hydrogens is 398 g/mol. The van der Waals surface area contributed by atoms with Crippen LogP contribution in [0.4, 0.5) is 11.4 Å². The van der Waals surface area contributed by atoms with Gasteiger partial charge in [-0.3, -0.25) is 18.5 Å². The molecule has 0 spiro atoms. The van der Waals surface area contributed by atoms with Crippen LogP contribution in [0.5, 0.6) is 0 Å². The van der Waals surface area contributed by atoms with Crippen molar-refractivity contribution in [3.8, 4) is 0 Å². The van der Waals surface area contributed by atoms with E-state index in [2.05, 4.69) is 5.32 Å². The highest BCUT2D eigenvalue weighted by molar-refractivity contribution is 7.92. The van der Waals surface area contributed by atoms with Gasteiger partial charge in [0, 0.05) is 12.2 Å². The number of hydrogen-bond acceptors (Lipinski definition) is 5. The zero-order valence-corrected chi connectivity index (χ0v) is 17.4. The molecule has 1 heterocycles.